The normalized spacial score (nSPS) is 11.6. The van der Waals surface area contributed by atoms with E-state index in [1.54, 1.807) is 0 Å². The molecular formula is C9H10F2O4S. The van der Waals surface area contributed by atoms with Crippen LogP contribution in [0.2, 0.25) is 0 Å². The Morgan fingerprint density at radius 1 is 1.31 bits per heavy atom. The number of rotatable bonds is 4. The fourth-order valence-corrected chi connectivity index (χ4v) is 1.90. The Morgan fingerprint density at radius 2 is 1.94 bits per heavy atom. The van der Waals surface area contributed by atoms with Crippen molar-refractivity contribution in [2.45, 2.75) is 11.5 Å². The summed E-state index contributed by atoms with van der Waals surface area (Å²) in [6.45, 7) is -3.09. The van der Waals surface area contributed by atoms with Crippen molar-refractivity contribution in [3.63, 3.8) is 0 Å². The molecule has 90 valence electrons. The van der Waals surface area contributed by atoms with Gasteiger partial charge in [0.15, 0.2) is 9.84 Å². The summed E-state index contributed by atoms with van der Waals surface area (Å²) in [4.78, 5) is -0.298. The highest BCUT2D eigenvalue weighted by Gasteiger charge is 2.18. The zero-order chi connectivity index (χ0) is 12.3. The van der Waals surface area contributed by atoms with E-state index in [1.807, 2.05) is 0 Å². The first-order valence-corrected chi connectivity index (χ1v) is 6.06. The molecule has 0 unspecified atom stereocenters. The number of benzene rings is 1. The number of methoxy groups -OCH3 is 1. The summed E-state index contributed by atoms with van der Waals surface area (Å²) in [5.41, 5.74) is 0. The lowest BCUT2D eigenvalue weighted by atomic mass is 10.3. The van der Waals surface area contributed by atoms with E-state index in [9.17, 15) is 17.2 Å². The van der Waals surface area contributed by atoms with Crippen molar-refractivity contribution in [2.24, 2.45) is 0 Å². The number of halogens is 2. The van der Waals surface area contributed by atoms with Crippen LogP contribution in [0.4, 0.5) is 8.78 Å². The summed E-state index contributed by atoms with van der Waals surface area (Å²) < 4.78 is 55.6. The van der Waals surface area contributed by atoms with Crippen molar-refractivity contribution >= 4 is 9.84 Å². The van der Waals surface area contributed by atoms with Gasteiger partial charge in [-0.15, -0.1) is 0 Å². The first-order valence-electron chi connectivity index (χ1n) is 4.17. The highest BCUT2D eigenvalue weighted by Crippen LogP contribution is 2.29. The monoisotopic (exact) mass is 252 g/mol. The first-order chi connectivity index (χ1) is 7.34. The van der Waals surface area contributed by atoms with Crippen molar-refractivity contribution in [3.8, 4) is 11.5 Å². The molecule has 0 aromatic heterocycles. The van der Waals surface area contributed by atoms with Crippen LogP contribution in [0.5, 0.6) is 11.5 Å². The third-order valence-corrected chi connectivity index (χ3v) is 2.90. The average molecular weight is 252 g/mol. The van der Waals surface area contributed by atoms with Crippen LogP contribution in [-0.4, -0.2) is 28.4 Å². The average Bonchev–Trinajstić information content (AvgIpc) is 2.14. The van der Waals surface area contributed by atoms with Crippen LogP contribution in [0.3, 0.4) is 0 Å². The van der Waals surface area contributed by atoms with Gasteiger partial charge in [-0.3, -0.25) is 0 Å². The van der Waals surface area contributed by atoms with Crippen molar-refractivity contribution in [3.05, 3.63) is 18.2 Å². The number of hydrogen-bond acceptors (Lipinski definition) is 4. The third-order valence-electron chi connectivity index (χ3n) is 1.77. The lowest BCUT2D eigenvalue weighted by molar-refractivity contribution is -0.0518. The van der Waals surface area contributed by atoms with Gasteiger partial charge in [-0.25, -0.2) is 8.42 Å². The Labute approximate surface area is 91.7 Å². The molecule has 0 heterocycles. The van der Waals surface area contributed by atoms with Crippen molar-refractivity contribution in [1.82, 2.24) is 0 Å². The van der Waals surface area contributed by atoms with E-state index in [4.69, 9.17) is 4.74 Å². The molecule has 0 aliphatic rings. The SMILES string of the molecule is COc1ccc(S(C)(=O)=O)c(OC(F)F)c1. The molecule has 0 N–H and O–H groups in total. The minimum absolute atomic E-state index is 0.239. The lowest BCUT2D eigenvalue weighted by Gasteiger charge is -2.10. The molecule has 4 nitrogen and oxygen atoms in total. The molecule has 0 amide bonds. The minimum Gasteiger partial charge on any atom is -0.497 e. The molecule has 0 radical (unpaired) electrons. The van der Waals surface area contributed by atoms with Gasteiger partial charge >= 0.3 is 6.61 Å². The maximum absolute atomic E-state index is 12.1. The number of sulfone groups is 1. The lowest BCUT2D eigenvalue weighted by Crippen LogP contribution is -2.07. The summed E-state index contributed by atoms with van der Waals surface area (Å²) in [5.74, 6) is -0.181. The number of alkyl halides is 2. The van der Waals surface area contributed by atoms with Crippen LogP contribution in [0.25, 0.3) is 0 Å². The van der Waals surface area contributed by atoms with Crippen LogP contribution in [0.15, 0.2) is 23.1 Å². The van der Waals surface area contributed by atoms with Crippen LogP contribution in [0.1, 0.15) is 0 Å². The molecule has 0 aliphatic heterocycles. The Hall–Kier alpha value is -1.37. The molecule has 0 saturated carbocycles. The maximum Gasteiger partial charge on any atom is 0.387 e. The standard InChI is InChI=1S/C9H10F2O4S/c1-14-6-3-4-8(16(2,12)13)7(5-6)15-9(10)11/h3-5,9H,1-2H3. The van der Waals surface area contributed by atoms with Crippen LogP contribution in [0, 0.1) is 0 Å². The summed E-state index contributed by atoms with van der Waals surface area (Å²) in [6.07, 6.45) is 0.910. The highest BCUT2D eigenvalue weighted by atomic mass is 32.2. The molecule has 0 spiro atoms. The van der Waals surface area contributed by atoms with Gasteiger partial charge in [-0.1, -0.05) is 0 Å². The summed E-state index contributed by atoms with van der Waals surface area (Å²) >= 11 is 0. The highest BCUT2D eigenvalue weighted by molar-refractivity contribution is 7.90. The molecule has 1 rings (SSSR count). The maximum atomic E-state index is 12.1. The van der Waals surface area contributed by atoms with Crippen molar-refractivity contribution in [1.29, 1.82) is 0 Å². The molecule has 16 heavy (non-hydrogen) atoms. The first kappa shape index (κ1) is 12.7. The minimum atomic E-state index is -3.62. The second kappa shape index (κ2) is 4.65. The van der Waals surface area contributed by atoms with Gasteiger partial charge in [0.25, 0.3) is 0 Å². The van der Waals surface area contributed by atoms with E-state index in [0.29, 0.717) is 0 Å². The summed E-state index contributed by atoms with van der Waals surface area (Å²) in [6, 6.07) is 3.61. The Morgan fingerprint density at radius 3 is 2.38 bits per heavy atom. The van der Waals surface area contributed by atoms with E-state index < -0.39 is 22.2 Å². The van der Waals surface area contributed by atoms with Gasteiger partial charge in [0.05, 0.1) is 7.11 Å². The Balaban J connectivity index is 3.27. The zero-order valence-electron chi connectivity index (χ0n) is 8.61. The quantitative estimate of drug-likeness (QED) is 0.818. The summed E-state index contributed by atoms with van der Waals surface area (Å²) in [5, 5.41) is 0. The van der Waals surface area contributed by atoms with Gasteiger partial charge in [0, 0.05) is 12.3 Å². The predicted molar refractivity (Wildman–Crippen MR) is 52.7 cm³/mol. The van der Waals surface area contributed by atoms with Gasteiger partial charge in [-0.05, 0) is 12.1 Å². The fraction of sp³-hybridized carbons (Fsp3) is 0.333. The fourth-order valence-electron chi connectivity index (χ4n) is 1.11. The van der Waals surface area contributed by atoms with Gasteiger partial charge < -0.3 is 9.47 Å². The van der Waals surface area contributed by atoms with Gasteiger partial charge in [0.2, 0.25) is 0 Å². The van der Waals surface area contributed by atoms with Crippen LogP contribution >= 0.6 is 0 Å². The summed E-state index contributed by atoms with van der Waals surface area (Å²) in [7, 11) is -2.28. The molecule has 0 fully saturated rings. The Kier molecular flexibility index (Phi) is 3.69. The van der Waals surface area contributed by atoms with E-state index in [2.05, 4.69) is 4.74 Å². The van der Waals surface area contributed by atoms with E-state index >= 15 is 0 Å². The molecule has 0 bridgehead atoms. The Bertz CT molecular complexity index is 470. The topological polar surface area (TPSA) is 52.6 Å². The molecule has 0 aliphatic carbocycles. The molecular weight excluding hydrogens is 242 g/mol. The van der Waals surface area contributed by atoms with E-state index in [0.717, 1.165) is 18.4 Å². The molecule has 1 aromatic rings. The second-order valence-corrected chi connectivity index (χ2v) is 4.95. The van der Waals surface area contributed by atoms with Crippen molar-refractivity contribution < 1.29 is 26.7 Å². The third kappa shape index (κ3) is 3.06. The molecule has 0 saturated heterocycles. The number of hydrogen-bond donors (Lipinski definition) is 0. The van der Waals surface area contributed by atoms with Crippen molar-refractivity contribution in [2.75, 3.05) is 13.4 Å². The largest absolute Gasteiger partial charge is 0.497 e. The van der Waals surface area contributed by atoms with Crippen LogP contribution in [-0.2, 0) is 9.84 Å². The number of ether oxygens (including phenoxy) is 2. The van der Waals surface area contributed by atoms with Gasteiger partial charge in [-0.2, -0.15) is 8.78 Å². The molecule has 1 aromatic carbocycles. The predicted octanol–water partition coefficient (Wildman–Crippen LogP) is 1.70. The smallest absolute Gasteiger partial charge is 0.387 e. The van der Waals surface area contributed by atoms with E-state index in [-0.39, 0.29) is 10.6 Å². The van der Waals surface area contributed by atoms with E-state index in [1.165, 1.54) is 13.2 Å². The zero-order valence-corrected chi connectivity index (χ0v) is 9.42. The van der Waals surface area contributed by atoms with Crippen LogP contribution < -0.4 is 9.47 Å². The second-order valence-electron chi connectivity index (χ2n) is 2.96. The van der Waals surface area contributed by atoms with Gasteiger partial charge in [0.1, 0.15) is 16.4 Å². The molecule has 0 atom stereocenters. The molecule has 7 heteroatoms.